The second kappa shape index (κ2) is 5.08. The third-order valence-electron chi connectivity index (χ3n) is 3.00. The summed E-state index contributed by atoms with van der Waals surface area (Å²) in [6.45, 7) is 2.28. The van der Waals surface area contributed by atoms with E-state index in [0.29, 0.717) is 0 Å². The molecule has 1 heterocycles. The zero-order valence-electron chi connectivity index (χ0n) is 10.4. The van der Waals surface area contributed by atoms with Crippen LogP contribution in [0.4, 0.5) is 16.2 Å². The predicted molar refractivity (Wildman–Crippen MR) is 70.6 cm³/mol. The molecule has 1 N–H and O–H groups in total. The number of nitrogens with zero attached hydrogens (tertiary/aromatic N) is 2. The Bertz CT molecular complexity index is 380. The summed E-state index contributed by atoms with van der Waals surface area (Å²) in [5.41, 5.74) is 2.08. The number of carbonyl (C=O) groups is 1. The smallest absolute Gasteiger partial charge is 0.321 e. The fourth-order valence-electron chi connectivity index (χ4n) is 1.97. The summed E-state index contributed by atoms with van der Waals surface area (Å²) in [5, 5.41) is 2.83. The lowest BCUT2D eigenvalue weighted by atomic mass is 10.2. The summed E-state index contributed by atoms with van der Waals surface area (Å²) in [7, 11) is 3.46. The molecule has 1 aromatic rings. The number of hydrogen-bond donors (Lipinski definition) is 1. The van der Waals surface area contributed by atoms with Crippen molar-refractivity contribution in [1.29, 1.82) is 0 Å². The van der Waals surface area contributed by atoms with Gasteiger partial charge in [0.25, 0.3) is 0 Å². The third-order valence-corrected chi connectivity index (χ3v) is 3.00. The molecule has 0 saturated carbocycles. The SMILES string of the molecule is CN(C)C(=O)Nc1ccc(N2CCCC2)cc1. The lowest BCUT2D eigenvalue weighted by Crippen LogP contribution is -2.27. The molecule has 2 amide bonds. The molecule has 4 heteroatoms. The van der Waals surface area contributed by atoms with Crippen LogP contribution in [0.1, 0.15) is 12.8 Å². The van der Waals surface area contributed by atoms with Gasteiger partial charge in [0.2, 0.25) is 0 Å². The highest BCUT2D eigenvalue weighted by Crippen LogP contribution is 2.21. The number of amides is 2. The van der Waals surface area contributed by atoms with Gasteiger partial charge in [-0.05, 0) is 37.1 Å². The molecule has 1 aromatic carbocycles. The van der Waals surface area contributed by atoms with Gasteiger partial charge in [0.05, 0.1) is 0 Å². The lowest BCUT2D eigenvalue weighted by Gasteiger charge is -2.18. The molecule has 0 bridgehead atoms. The topological polar surface area (TPSA) is 35.6 Å². The summed E-state index contributed by atoms with van der Waals surface area (Å²) in [6.07, 6.45) is 2.55. The average molecular weight is 233 g/mol. The second-order valence-corrected chi connectivity index (χ2v) is 4.57. The molecule has 1 fully saturated rings. The number of hydrogen-bond acceptors (Lipinski definition) is 2. The third kappa shape index (κ3) is 2.90. The Kier molecular flexibility index (Phi) is 3.52. The fourth-order valence-corrected chi connectivity index (χ4v) is 1.97. The van der Waals surface area contributed by atoms with Gasteiger partial charge < -0.3 is 15.1 Å². The van der Waals surface area contributed by atoms with Crippen molar-refractivity contribution in [3.8, 4) is 0 Å². The summed E-state index contributed by atoms with van der Waals surface area (Å²) < 4.78 is 0. The molecule has 0 atom stereocenters. The first-order chi connectivity index (χ1) is 8.16. The van der Waals surface area contributed by atoms with Crippen molar-refractivity contribution in [1.82, 2.24) is 4.90 Å². The Morgan fingerprint density at radius 2 is 1.76 bits per heavy atom. The second-order valence-electron chi connectivity index (χ2n) is 4.57. The highest BCUT2D eigenvalue weighted by Gasteiger charge is 2.12. The van der Waals surface area contributed by atoms with E-state index in [-0.39, 0.29) is 6.03 Å². The van der Waals surface area contributed by atoms with E-state index in [9.17, 15) is 4.79 Å². The van der Waals surface area contributed by atoms with Crippen LogP contribution < -0.4 is 10.2 Å². The van der Waals surface area contributed by atoms with Crippen LogP contribution in [-0.2, 0) is 0 Å². The van der Waals surface area contributed by atoms with Crippen LogP contribution >= 0.6 is 0 Å². The molecular weight excluding hydrogens is 214 g/mol. The Hall–Kier alpha value is -1.71. The van der Waals surface area contributed by atoms with Crippen molar-refractivity contribution < 1.29 is 4.79 Å². The van der Waals surface area contributed by atoms with Crippen LogP contribution in [0.25, 0.3) is 0 Å². The van der Waals surface area contributed by atoms with Gasteiger partial charge in [-0.15, -0.1) is 0 Å². The van der Waals surface area contributed by atoms with E-state index in [1.807, 2.05) is 12.1 Å². The number of rotatable bonds is 2. The molecule has 1 saturated heterocycles. The highest BCUT2D eigenvalue weighted by atomic mass is 16.2. The summed E-state index contributed by atoms with van der Waals surface area (Å²) in [5.74, 6) is 0. The highest BCUT2D eigenvalue weighted by molar-refractivity contribution is 5.89. The Labute approximate surface area is 102 Å². The zero-order chi connectivity index (χ0) is 12.3. The molecule has 17 heavy (non-hydrogen) atoms. The van der Waals surface area contributed by atoms with Gasteiger partial charge in [0.1, 0.15) is 0 Å². The van der Waals surface area contributed by atoms with Crippen molar-refractivity contribution >= 4 is 17.4 Å². The quantitative estimate of drug-likeness (QED) is 0.851. The monoisotopic (exact) mass is 233 g/mol. The van der Waals surface area contributed by atoms with E-state index < -0.39 is 0 Å². The molecule has 0 aliphatic carbocycles. The molecule has 1 aliphatic rings. The van der Waals surface area contributed by atoms with Gasteiger partial charge in [-0.3, -0.25) is 0 Å². The number of nitrogens with one attached hydrogen (secondary N) is 1. The minimum atomic E-state index is -0.0982. The van der Waals surface area contributed by atoms with Crippen molar-refractivity contribution in [3.05, 3.63) is 24.3 Å². The van der Waals surface area contributed by atoms with Crippen LogP contribution in [0.5, 0.6) is 0 Å². The van der Waals surface area contributed by atoms with Crippen LogP contribution in [0.2, 0.25) is 0 Å². The normalized spacial score (nSPS) is 14.8. The maximum Gasteiger partial charge on any atom is 0.321 e. The fraction of sp³-hybridized carbons (Fsp3) is 0.462. The Morgan fingerprint density at radius 3 is 2.29 bits per heavy atom. The first-order valence-electron chi connectivity index (χ1n) is 6.00. The molecular formula is C13H19N3O. The van der Waals surface area contributed by atoms with E-state index >= 15 is 0 Å². The van der Waals surface area contributed by atoms with Gasteiger partial charge in [-0.2, -0.15) is 0 Å². The minimum Gasteiger partial charge on any atom is -0.372 e. The summed E-state index contributed by atoms with van der Waals surface area (Å²) >= 11 is 0. The standard InChI is InChI=1S/C13H19N3O/c1-15(2)13(17)14-11-5-7-12(8-6-11)16-9-3-4-10-16/h5-8H,3-4,9-10H2,1-2H3,(H,14,17). The molecule has 92 valence electrons. The van der Waals surface area contributed by atoms with E-state index in [0.717, 1.165) is 18.8 Å². The van der Waals surface area contributed by atoms with E-state index in [1.54, 1.807) is 14.1 Å². The number of anilines is 2. The Morgan fingerprint density at radius 1 is 1.18 bits per heavy atom. The number of urea groups is 1. The number of carbonyl (C=O) groups excluding carboxylic acids is 1. The summed E-state index contributed by atoms with van der Waals surface area (Å²) in [4.78, 5) is 15.4. The molecule has 0 aromatic heterocycles. The molecule has 1 aliphatic heterocycles. The first-order valence-corrected chi connectivity index (χ1v) is 6.00. The molecule has 0 radical (unpaired) electrons. The molecule has 2 rings (SSSR count). The van der Waals surface area contributed by atoms with Gasteiger partial charge in [0, 0.05) is 38.6 Å². The van der Waals surface area contributed by atoms with Crippen LogP contribution in [0.15, 0.2) is 24.3 Å². The number of benzene rings is 1. The predicted octanol–water partition coefficient (Wildman–Crippen LogP) is 2.38. The van der Waals surface area contributed by atoms with Crippen molar-refractivity contribution in [3.63, 3.8) is 0 Å². The van der Waals surface area contributed by atoms with Crippen LogP contribution in [0.3, 0.4) is 0 Å². The van der Waals surface area contributed by atoms with Gasteiger partial charge in [0.15, 0.2) is 0 Å². The van der Waals surface area contributed by atoms with Crippen molar-refractivity contribution in [2.45, 2.75) is 12.8 Å². The lowest BCUT2D eigenvalue weighted by molar-refractivity contribution is 0.230. The van der Waals surface area contributed by atoms with Crippen LogP contribution in [-0.4, -0.2) is 38.1 Å². The maximum atomic E-state index is 11.5. The maximum absolute atomic E-state index is 11.5. The average Bonchev–Trinajstić information content (AvgIpc) is 2.83. The summed E-state index contributed by atoms with van der Waals surface area (Å²) in [6, 6.07) is 7.94. The van der Waals surface area contributed by atoms with Gasteiger partial charge >= 0.3 is 6.03 Å². The Balaban J connectivity index is 2.00. The zero-order valence-corrected chi connectivity index (χ0v) is 10.4. The first kappa shape index (κ1) is 11.8. The van der Waals surface area contributed by atoms with Crippen LogP contribution in [0, 0.1) is 0 Å². The largest absolute Gasteiger partial charge is 0.372 e. The van der Waals surface area contributed by atoms with E-state index in [4.69, 9.17) is 0 Å². The molecule has 0 unspecified atom stereocenters. The minimum absolute atomic E-state index is 0.0982. The van der Waals surface area contributed by atoms with E-state index in [2.05, 4.69) is 22.3 Å². The van der Waals surface area contributed by atoms with Crippen molar-refractivity contribution in [2.75, 3.05) is 37.4 Å². The molecule has 0 spiro atoms. The van der Waals surface area contributed by atoms with Crippen molar-refractivity contribution in [2.24, 2.45) is 0 Å². The van der Waals surface area contributed by atoms with Gasteiger partial charge in [-0.25, -0.2) is 4.79 Å². The molecule has 4 nitrogen and oxygen atoms in total. The van der Waals surface area contributed by atoms with Gasteiger partial charge in [-0.1, -0.05) is 0 Å². The van der Waals surface area contributed by atoms with E-state index in [1.165, 1.54) is 23.4 Å².